The molecule has 1 atom stereocenters. The van der Waals surface area contributed by atoms with Crippen LogP contribution < -0.4 is 4.90 Å². The van der Waals surface area contributed by atoms with Gasteiger partial charge in [0, 0.05) is 26.2 Å². The lowest BCUT2D eigenvalue weighted by Gasteiger charge is -2.38. The van der Waals surface area contributed by atoms with Crippen LogP contribution in [0.1, 0.15) is 12.0 Å². The number of hydrogen-bond acceptors (Lipinski definition) is 5. The molecule has 2 aromatic carbocycles. The van der Waals surface area contributed by atoms with Gasteiger partial charge in [-0.15, -0.1) is 0 Å². The van der Waals surface area contributed by atoms with Crippen molar-refractivity contribution >= 4 is 17.5 Å². The monoisotopic (exact) mass is 365 g/mol. The van der Waals surface area contributed by atoms with Crippen LogP contribution >= 0.6 is 0 Å². The summed E-state index contributed by atoms with van der Waals surface area (Å²) in [7, 11) is 0. The van der Waals surface area contributed by atoms with Gasteiger partial charge in [-0.2, -0.15) is 0 Å². The Morgan fingerprint density at radius 2 is 1.56 bits per heavy atom. The molecule has 0 saturated carbocycles. The number of phenolic OH excluding ortho intramolecular Hbond substituents is 1. The highest BCUT2D eigenvalue weighted by Crippen LogP contribution is 2.29. The first-order valence-corrected chi connectivity index (χ1v) is 9.28. The van der Waals surface area contributed by atoms with Crippen LogP contribution in [0.25, 0.3) is 0 Å². The molecule has 2 aromatic rings. The third-order valence-electron chi connectivity index (χ3n) is 5.38. The zero-order valence-electron chi connectivity index (χ0n) is 15.1. The number of amides is 2. The highest BCUT2D eigenvalue weighted by atomic mass is 16.3. The summed E-state index contributed by atoms with van der Waals surface area (Å²) in [4.78, 5) is 30.8. The first-order chi connectivity index (χ1) is 13.1. The van der Waals surface area contributed by atoms with Crippen LogP contribution in [0.2, 0.25) is 0 Å². The standard InChI is InChI=1S/C21H23N3O3/c25-19-9-5-4-8-17(19)22-10-12-23(13-11-22)18-14-20(26)24(21(18)27)15-16-6-2-1-3-7-16/h1-9,18,25H,10-15H2/t18-/m0/s1. The number of benzene rings is 2. The molecule has 2 saturated heterocycles. The molecule has 0 aromatic heterocycles. The smallest absolute Gasteiger partial charge is 0.247 e. The molecule has 0 unspecified atom stereocenters. The molecule has 6 heteroatoms. The van der Waals surface area contributed by atoms with Gasteiger partial charge >= 0.3 is 0 Å². The Morgan fingerprint density at radius 3 is 2.26 bits per heavy atom. The number of nitrogens with zero attached hydrogens (tertiary/aromatic N) is 3. The number of carbonyl (C=O) groups is 2. The number of para-hydroxylation sites is 2. The summed E-state index contributed by atoms with van der Waals surface area (Å²) >= 11 is 0. The third kappa shape index (κ3) is 3.53. The normalized spacial score (nSPS) is 21.1. The van der Waals surface area contributed by atoms with Crippen molar-refractivity contribution in [1.82, 2.24) is 9.80 Å². The summed E-state index contributed by atoms with van der Waals surface area (Å²) in [5.74, 6) is 0.0731. The Bertz CT molecular complexity index is 832. The topological polar surface area (TPSA) is 64.1 Å². The van der Waals surface area contributed by atoms with E-state index in [1.54, 1.807) is 12.1 Å². The number of piperazine rings is 1. The average Bonchev–Trinajstić information content (AvgIpc) is 2.98. The Labute approximate surface area is 158 Å². The summed E-state index contributed by atoms with van der Waals surface area (Å²) in [6.45, 7) is 3.16. The van der Waals surface area contributed by atoms with E-state index in [0.717, 1.165) is 11.3 Å². The van der Waals surface area contributed by atoms with Gasteiger partial charge in [0.05, 0.1) is 24.7 Å². The second-order valence-electron chi connectivity index (χ2n) is 7.04. The number of likely N-dealkylation sites (tertiary alicyclic amines) is 1. The van der Waals surface area contributed by atoms with E-state index in [2.05, 4.69) is 9.80 Å². The van der Waals surface area contributed by atoms with Crippen LogP contribution in [0.15, 0.2) is 54.6 Å². The SMILES string of the molecule is O=C1C[C@H](N2CCN(c3ccccc3O)CC2)C(=O)N1Cc1ccccc1. The largest absolute Gasteiger partial charge is 0.506 e. The number of hydrogen-bond donors (Lipinski definition) is 1. The molecule has 2 heterocycles. The number of phenols is 1. The summed E-state index contributed by atoms with van der Waals surface area (Å²) in [6, 6.07) is 16.5. The van der Waals surface area contributed by atoms with Crippen LogP contribution in [0.5, 0.6) is 5.75 Å². The van der Waals surface area contributed by atoms with Crippen LogP contribution in [-0.4, -0.2) is 58.9 Å². The summed E-state index contributed by atoms with van der Waals surface area (Å²) in [5, 5.41) is 10.0. The van der Waals surface area contributed by atoms with Gasteiger partial charge in [0.1, 0.15) is 5.75 Å². The van der Waals surface area contributed by atoms with Gasteiger partial charge in [0.15, 0.2) is 0 Å². The molecule has 2 aliphatic rings. The molecule has 2 amide bonds. The zero-order valence-corrected chi connectivity index (χ0v) is 15.1. The van der Waals surface area contributed by atoms with Crippen molar-refractivity contribution in [3.63, 3.8) is 0 Å². The van der Waals surface area contributed by atoms with Gasteiger partial charge in [-0.05, 0) is 17.7 Å². The van der Waals surface area contributed by atoms with E-state index in [4.69, 9.17) is 0 Å². The van der Waals surface area contributed by atoms with Crippen molar-refractivity contribution in [2.45, 2.75) is 19.0 Å². The van der Waals surface area contributed by atoms with E-state index < -0.39 is 0 Å². The van der Waals surface area contributed by atoms with E-state index in [1.165, 1.54) is 4.90 Å². The Morgan fingerprint density at radius 1 is 0.889 bits per heavy atom. The van der Waals surface area contributed by atoms with Gasteiger partial charge in [-0.1, -0.05) is 42.5 Å². The molecule has 0 radical (unpaired) electrons. The minimum Gasteiger partial charge on any atom is -0.506 e. The number of carbonyl (C=O) groups excluding carboxylic acids is 2. The molecule has 6 nitrogen and oxygen atoms in total. The zero-order chi connectivity index (χ0) is 18.8. The second-order valence-corrected chi connectivity index (χ2v) is 7.04. The van der Waals surface area contributed by atoms with Crippen LogP contribution in [0.4, 0.5) is 5.69 Å². The van der Waals surface area contributed by atoms with Crippen LogP contribution in [-0.2, 0) is 16.1 Å². The van der Waals surface area contributed by atoms with Gasteiger partial charge in [0.25, 0.3) is 0 Å². The highest BCUT2D eigenvalue weighted by Gasteiger charge is 2.42. The summed E-state index contributed by atoms with van der Waals surface area (Å²) < 4.78 is 0. The minimum absolute atomic E-state index is 0.0974. The van der Waals surface area contributed by atoms with Crippen molar-refractivity contribution in [2.24, 2.45) is 0 Å². The number of imide groups is 1. The lowest BCUT2D eigenvalue weighted by molar-refractivity contribution is -0.140. The summed E-state index contributed by atoms with van der Waals surface area (Å²) in [6.07, 6.45) is 0.252. The molecule has 27 heavy (non-hydrogen) atoms. The van der Waals surface area contributed by atoms with E-state index in [-0.39, 0.29) is 30.0 Å². The molecule has 0 bridgehead atoms. The first-order valence-electron chi connectivity index (χ1n) is 9.28. The lowest BCUT2D eigenvalue weighted by atomic mass is 10.1. The maximum Gasteiger partial charge on any atom is 0.247 e. The predicted molar refractivity (Wildman–Crippen MR) is 102 cm³/mol. The minimum atomic E-state index is -0.368. The van der Waals surface area contributed by atoms with Crippen LogP contribution in [0.3, 0.4) is 0 Å². The Kier molecular flexibility index (Phi) is 4.81. The maximum absolute atomic E-state index is 12.8. The van der Waals surface area contributed by atoms with Crippen molar-refractivity contribution in [1.29, 1.82) is 0 Å². The number of anilines is 1. The summed E-state index contributed by atoms with van der Waals surface area (Å²) in [5.41, 5.74) is 1.78. The highest BCUT2D eigenvalue weighted by molar-refractivity contribution is 6.05. The van der Waals surface area contributed by atoms with E-state index in [0.29, 0.717) is 32.7 Å². The predicted octanol–water partition coefficient (Wildman–Crippen LogP) is 1.84. The molecule has 2 aliphatic heterocycles. The van der Waals surface area contributed by atoms with Gasteiger partial charge in [-0.3, -0.25) is 19.4 Å². The fourth-order valence-corrected chi connectivity index (χ4v) is 3.89. The molecule has 2 fully saturated rings. The molecular weight excluding hydrogens is 342 g/mol. The van der Waals surface area contributed by atoms with Crippen molar-refractivity contribution in [3.8, 4) is 5.75 Å². The molecular formula is C21H23N3O3. The average molecular weight is 365 g/mol. The Hall–Kier alpha value is -2.86. The molecule has 140 valence electrons. The van der Waals surface area contributed by atoms with E-state index in [9.17, 15) is 14.7 Å². The second kappa shape index (κ2) is 7.40. The Balaban J connectivity index is 1.39. The maximum atomic E-state index is 12.8. The van der Waals surface area contributed by atoms with Crippen molar-refractivity contribution in [2.75, 3.05) is 31.1 Å². The molecule has 1 N–H and O–H groups in total. The molecule has 0 aliphatic carbocycles. The van der Waals surface area contributed by atoms with E-state index >= 15 is 0 Å². The fraction of sp³-hybridized carbons (Fsp3) is 0.333. The van der Waals surface area contributed by atoms with Gasteiger partial charge in [0.2, 0.25) is 11.8 Å². The molecule has 0 spiro atoms. The number of aromatic hydroxyl groups is 1. The fourth-order valence-electron chi connectivity index (χ4n) is 3.89. The number of rotatable bonds is 4. The van der Waals surface area contributed by atoms with Gasteiger partial charge < -0.3 is 10.0 Å². The molecule has 4 rings (SSSR count). The van der Waals surface area contributed by atoms with E-state index in [1.807, 2.05) is 42.5 Å². The lowest BCUT2D eigenvalue weighted by Crippen LogP contribution is -2.52. The quantitative estimate of drug-likeness (QED) is 0.838. The van der Waals surface area contributed by atoms with Crippen molar-refractivity contribution < 1.29 is 14.7 Å². The first kappa shape index (κ1) is 17.5. The third-order valence-corrected chi connectivity index (χ3v) is 5.38. The van der Waals surface area contributed by atoms with Crippen LogP contribution in [0, 0.1) is 0 Å². The van der Waals surface area contributed by atoms with Gasteiger partial charge in [-0.25, -0.2) is 0 Å². The van der Waals surface area contributed by atoms with Crippen molar-refractivity contribution in [3.05, 3.63) is 60.2 Å².